The van der Waals surface area contributed by atoms with Crippen molar-refractivity contribution in [2.45, 2.75) is 0 Å². The highest BCUT2D eigenvalue weighted by atomic mass is 35.5. The van der Waals surface area contributed by atoms with Crippen LogP contribution in [0.1, 0.15) is 10.4 Å². The summed E-state index contributed by atoms with van der Waals surface area (Å²) in [7, 11) is 3.30. The van der Waals surface area contributed by atoms with Crippen molar-refractivity contribution in [2.75, 3.05) is 21.7 Å². The Bertz CT molecular complexity index is 3460. The molecule has 0 aliphatic carbocycles. The fourth-order valence-electron chi connectivity index (χ4n) is 5.93. The van der Waals surface area contributed by atoms with Crippen molar-refractivity contribution in [1.29, 1.82) is 0 Å². The van der Waals surface area contributed by atoms with Crippen molar-refractivity contribution in [3.8, 4) is 17.1 Å². The molecule has 0 atom stereocenters. The van der Waals surface area contributed by atoms with Crippen LogP contribution in [0.2, 0.25) is 15.5 Å². The van der Waals surface area contributed by atoms with Gasteiger partial charge in [0, 0.05) is 62.0 Å². The monoisotopic (exact) mass is 965 g/mol. The first kappa shape index (κ1) is 46.6. The Labute approximate surface area is 391 Å². The lowest BCUT2D eigenvalue weighted by Gasteiger charge is -2.12. The third-order valence-electron chi connectivity index (χ3n) is 9.17. The maximum absolute atomic E-state index is 13.7. The molecule has 0 spiro atoms. The predicted octanol–water partition coefficient (Wildman–Crippen LogP) is 7.08. The highest BCUT2D eigenvalue weighted by molar-refractivity contribution is 6.34. The normalized spacial score (nSPS) is 10.6. The summed E-state index contributed by atoms with van der Waals surface area (Å²) in [6.45, 7) is 0. The number of nitrogens with zero attached hydrogens (tertiary/aromatic N) is 10. The summed E-state index contributed by atoms with van der Waals surface area (Å²) in [6, 6.07) is 20.3. The number of anilines is 6. The molecule has 24 heteroatoms. The van der Waals surface area contributed by atoms with Crippen molar-refractivity contribution in [3.63, 3.8) is 0 Å². The zero-order chi connectivity index (χ0) is 47.8. The summed E-state index contributed by atoms with van der Waals surface area (Å²) in [5, 5.41) is 8.83. The van der Waals surface area contributed by atoms with E-state index in [1.54, 1.807) is 55.3 Å². The number of carbonyl (C=O) groups excluding carboxylic acids is 1. The maximum Gasteiger partial charge on any atom is 0.255 e. The van der Waals surface area contributed by atoms with Crippen molar-refractivity contribution in [3.05, 3.63) is 186 Å². The second-order valence-corrected chi connectivity index (χ2v) is 14.9. The Morgan fingerprint density at radius 2 is 1.31 bits per heavy atom. The topological polar surface area (TPSA) is 251 Å². The van der Waals surface area contributed by atoms with Crippen LogP contribution < -0.4 is 38.4 Å². The van der Waals surface area contributed by atoms with Gasteiger partial charge in [0.1, 0.15) is 53.3 Å². The lowest BCUT2D eigenvalue weighted by atomic mass is 10.2. The van der Waals surface area contributed by atoms with Crippen LogP contribution in [0.25, 0.3) is 28.2 Å². The van der Waals surface area contributed by atoms with E-state index in [1.165, 1.54) is 88.9 Å². The molecular weight excluding hydrogens is 935 g/mol. The van der Waals surface area contributed by atoms with Crippen molar-refractivity contribution in [2.24, 2.45) is 14.1 Å². The number of rotatable bonds is 8. The quantitative estimate of drug-likeness (QED) is 0.0955. The van der Waals surface area contributed by atoms with E-state index >= 15 is 0 Å². The molecule has 0 saturated heterocycles. The van der Waals surface area contributed by atoms with Crippen LogP contribution in [0.3, 0.4) is 0 Å². The molecule has 0 fully saturated rings. The number of imidazole rings is 1. The number of H-pyrrole nitrogens is 1. The lowest BCUT2D eigenvalue weighted by Crippen LogP contribution is -2.15. The third kappa shape index (κ3) is 11.3. The molecule has 9 rings (SSSR count). The first-order valence-corrected chi connectivity index (χ1v) is 20.3. The highest BCUT2D eigenvalue weighted by Crippen LogP contribution is 2.31. The number of hydrogen-bond donors (Lipinski definition) is 5. The number of aryl methyl sites for hydroxylation is 2. The van der Waals surface area contributed by atoms with E-state index in [4.69, 9.17) is 40.5 Å². The Morgan fingerprint density at radius 1 is 0.687 bits per heavy atom. The smallest absolute Gasteiger partial charge is 0.255 e. The molecule has 338 valence electrons. The molecule has 0 unspecified atom stereocenters. The van der Waals surface area contributed by atoms with Crippen LogP contribution in [-0.2, 0) is 14.1 Å². The first-order chi connectivity index (χ1) is 32.1. The minimum atomic E-state index is -0.569. The lowest BCUT2D eigenvalue weighted by molar-refractivity contribution is 0.102. The number of halogens is 5. The Hall–Kier alpha value is -8.40. The Kier molecular flexibility index (Phi) is 14.3. The Morgan fingerprint density at radius 3 is 2.00 bits per heavy atom. The molecule has 19 nitrogen and oxygen atoms in total. The van der Waals surface area contributed by atoms with Gasteiger partial charge < -0.3 is 35.8 Å². The first-order valence-electron chi connectivity index (χ1n) is 19.2. The van der Waals surface area contributed by atoms with Crippen LogP contribution in [-0.4, -0.2) is 59.5 Å². The van der Waals surface area contributed by atoms with Crippen LogP contribution in [0, 0.1) is 11.6 Å². The average molecular weight is 967 g/mol. The summed E-state index contributed by atoms with van der Waals surface area (Å²) >= 11 is 18.0. The van der Waals surface area contributed by atoms with Gasteiger partial charge in [0.25, 0.3) is 5.91 Å². The van der Waals surface area contributed by atoms with Gasteiger partial charge >= 0.3 is 0 Å². The molecule has 7 aromatic heterocycles. The number of aromatic amines is 1. The number of nitrogens with one attached hydrogen (secondary N) is 4. The van der Waals surface area contributed by atoms with Crippen LogP contribution in [0.5, 0.6) is 0 Å². The van der Waals surface area contributed by atoms with E-state index in [-0.39, 0.29) is 60.7 Å². The van der Waals surface area contributed by atoms with Crippen LogP contribution in [0.15, 0.2) is 137 Å². The van der Waals surface area contributed by atoms with Gasteiger partial charge in [-0.3, -0.25) is 23.7 Å². The number of pyridine rings is 3. The standard InChI is InChI=1S/C17H11ClFN5O.C16H11ClFN5O2.C10H10ClN5O/c1-23-8-12(5-6-13(23)25)24-16(10-3-2-4-11(19)7-10)22-14-15(18)20-9-21-17(14)24;17-14-13(23-16(25)9-2-1-3-10(18)6-9)15(21-8-20-14)22-11-4-5-12(24)19-7-11;1-16-4-6(2-3-7(16)17)15-10-8(12)9(11)13-5-14-10/h2-9H,1H3;1-8H,(H,19,24)(H,23,25)(H,20,21,22);2-5H,12H2,1H3,(H,13,14,15). The molecular formula is C43H32Cl3F2N15O4. The van der Waals surface area contributed by atoms with Gasteiger partial charge in [-0.2, -0.15) is 0 Å². The summed E-state index contributed by atoms with van der Waals surface area (Å²) in [5.41, 5.74) is 9.02. The van der Waals surface area contributed by atoms with Gasteiger partial charge in [-0.05, 0) is 48.5 Å². The highest BCUT2D eigenvalue weighted by Gasteiger charge is 2.19. The van der Waals surface area contributed by atoms with E-state index in [0.29, 0.717) is 45.4 Å². The van der Waals surface area contributed by atoms with Crippen LogP contribution in [0.4, 0.5) is 43.2 Å². The van der Waals surface area contributed by atoms with Gasteiger partial charge in [-0.25, -0.2) is 43.7 Å². The minimum absolute atomic E-state index is 0.00618. The summed E-state index contributed by atoms with van der Waals surface area (Å²) < 4.78 is 31.6. The van der Waals surface area contributed by atoms with E-state index in [1.807, 2.05) is 0 Å². The van der Waals surface area contributed by atoms with Gasteiger partial charge in [0.2, 0.25) is 16.7 Å². The minimum Gasteiger partial charge on any atom is -0.393 e. The fraction of sp³-hybridized carbons (Fsp3) is 0.0465. The fourth-order valence-corrected chi connectivity index (χ4v) is 6.41. The van der Waals surface area contributed by atoms with Gasteiger partial charge in [0.15, 0.2) is 32.7 Å². The third-order valence-corrected chi connectivity index (χ3v) is 10.0. The number of fused-ring (bicyclic) bond motifs is 1. The van der Waals surface area contributed by atoms with Crippen molar-refractivity contribution >= 4 is 86.3 Å². The number of aromatic nitrogens is 11. The molecule has 0 saturated carbocycles. The predicted molar refractivity (Wildman–Crippen MR) is 250 cm³/mol. The molecule has 67 heavy (non-hydrogen) atoms. The zero-order valence-corrected chi connectivity index (χ0v) is 36.9. The SMILES string of the molecule is Cn1cc(-n2c(-c3cccc(F)c3)nc3c(Cl)ncnc32)ccc1=O.Cn1cc(Nc2ncnc(Cl)c2N)ccc1=O.O=C(Nc1c(Cl)ncnc1Nc1ccc(=O)[nH]c1)c1cccc(F)c1. The number of hydrogen-bond acceptors (Lipinski definition) is 14. The largest absolute Gasteiger partial charge is 0.393 e. The molecule has 0 aliphatic heterocycles. The average Bonchev–Trinajstić information content (AvgIpc) is 3.71. The summed E-state index contributed by atoms with van der Waals surface area (Å²) in [5.74, 6) is -0.403. The van der Waals surface area contributed by atoms with E-state index in [9.17, 15) is 28.0 Å². The molecule has 7 heterocycles. The number of benzene rings is 2. The number of nitrogen functional groups attached to an aromatic ring is 1. The molecule has 0 aliphatic rings. The molecule has 6 N–H and O–H groups in total. The van der Waals surface area contributed by atoms with E-state index in [0.717, 1.165) is 6.07 Å². The van der Waals surface area contributed by atoms with Gasteiger partial charge in [0.05, 0.1) is 17.1 Å². The molecule has 0 radical (unpaired) electrons. The van der Waals surface area contributed by atoms with Crippen molar-refractivity contribution < 1.29 is 13.6 Å². The maximum atomic E-state index is 13.7. The summed E-state index contributed by atoms with van der Waals surface area (Å²) in [6.07, 6.45) is 8.59. The number of carbonyl (C=O) groups is 1. The van der Waals surface area contributed by atoms with Crippen LogP contribution >= 0.6 is 34.8 Å². The zero-order valence-electron chi connectivity index (χ0n) is 34.6. The molecule has 9 aromatic rings. The van der Waals surface area contributed by atoms with Crippen molar-refractivity contribution in [1.82, 2.24) is 53.6 Å². The number of nitrogens with two attached hydrogens (primary N) is 1. The second kappa shape index (κ2) is 20.6. The second-order valence-electron chi connectivity index (χ2n) is 13.8. The number of amides is 1. The summed E-state index contributed by atoms with van der Waals surface area (Å²) in [4.78, 5) is 77.1. The molecule has 0 bridgehead atoms. The Balaban J connectivity index is 0.000000152. The van der Waals surface area contributed by atoms with Gasteiger partial charge in [-0.1, -0.05) is 53.0 Å². The van der Waals surface area contributed by atoms with E-state index < -0.39 is 11.7 Å². The molecule has 1 amide bonds. The molecule has 2 aromatic carbocycles. The van der Waals surface area contributed by atoms with Gasteiger partial charge in [-0.15, -0.1) is 0 Å². The van der Waals surface area contributed by atoms with E-state index in [2.05, 4.69) is 55.8 Å².